The van der Waals surface area contributed by atoms with Crippen LogP contribution in [0.5, 0.6) is 5.75 Å². The molecule has 0 unspecified atom stereocenters. The lowest BCUT2D eigenvalue weighted by Gasteiger charge is -2.43. The lowest BCUT2D eigenvalue weighted by atomic mass is 9.61. The van der Waals surface area contributed by atoms with Crippen molar-refractivity contribution >= 4 is 29.2 Å². The molecule has 0 amide bonds. The predicted octanol–water partition coefficient (Wildman–Crippen LogP) is 6.95. The van der Waals surface area contributed by atoms with E-state index in [1.54, 1.807) is 25.3 Å². The molecule has 1 saturated heterocycles. The highest BCUT2D eigenvalue weighted by Crippen LogP contribution is 2.52. The summed E-state index contributed by atoms with van der Waals surface area (Å²) in [5.74, 6) is -2.75. The minimum Gasteiger partial charge on any atom is -0.497 e. The Hall–Kier alpha value is -2.71. The van der Waals surface area contributed by atoms with Crippen molar-refractivity contribution in [2.75, 3.05) is 13.7 Å². The minimum atomic E-state index is -1.23. The van der Waals surface area contributed by atoms with Crippen LogP contribution >= 0.6 is 23.2 Å². The molecule has 9 heteroatoms. The van der Waals surface area contributed by atoms with Gasteiger partial charge >= 0.3 is 5.97 Å². The number of benzene rings is 3. The van der Waals surface area contributed by atoms with Gasteiger partial charge in [-0.3, -0.25) is 4.79 Å². The topological polar surface area (TPSA) is 70.6 Å². The largest absolute Gasteiger partial charge is 0.497 e. The van der Waals surface area contributed by atoms with Gasteiger partial charge in [-0.25, -0.2) is 8.78 Å². The maximum Gasteiger partial charge on any atom is 0.321 e. The van der Waals surface area contributed by atoms with Gasteiger partial charge in [-0.05, 0) is 58.9 Å². The molecular formula is C31H34Cl2F2N2O3. The fourth-order valence-electron chi connectivity index (χ4n) is 5.97. The van der Waals surface area contributed by atoms with Crippen molar-refractivity contribution in [3.8, 4) is 5.75 Å². The second-order valence-electron chi connectivity index (χ2n) is 11.5. The summed E-state index contributed by atoms with van der Waals surface area (Å²) in [4.78, 5) is 12.7. The molecule has 0 bridgehead atoms. The molecule has 1 aliphatic heterocycles. The van der Waals surface area contributed by atoms with Crippen LogP contribution in [0.15, 0.2) is 60.7 Å². The Morgan fingerprint density at radius 1 is 1.10 bits per heavy atom. The number of carbonyl (C=O) groups is 1. The lowest BCUT2D eigenvalue weighted by Crippen LogP contribution is -2.51. The molecule has 0 radical (unpaired) electrons. The van der Waals surface area contributed by atoms with Gasteiger partial charge in [0.15, 0.2) is 0 Å². The van der Waals surface area contributed by atoms with Gasteiger partial charge in [0.25, 0.3) is 0 Å². The first-order valence-corrected chi connectivity index (χ1v) is 13.8. The van der Waals surface area contributed by atoms with Gasteiger partial charge in [0, 0.05) is 35.5 Å². The normalized spacial score (nSPS) is 22.9. The molecule has 3 aromatic rings. The predicted molar refractivity (Wildman–Crippen MR) is 154 cm³/mol. The average molecular weight is 592 g/mol. The standard InChI is InChI=1S/C31H34Cl2F2N2O3/c1-30(2,3)15-25-31(22-13-10-19(32)14-24(22)34,17-36-16-18-8-11-20(40-4)12-9-18)26(28(37-25)29(38)39)21-6-5-7-23(33)27(21)35/h5-14,25-26,28,36-37H,15-17H2,1-4H3,(H,38,39)/t25-,26-,28+,31-/m0/s1. The molecule has 0 spiro atoms. The number of hydrogen-bond donors (Lipinski definition) is 3. The van der Waals surface area contributed by atoms with E-state index in [-0.39, 0.29) is 33.1 Å². The molecule has 3 aromatic carbocycles. The molecule has 40 heavy (non-hydrogen) atoms. The lowest BCUT2D eigenvalue weighted by molar-refractivity contribution is -0.139. The third-order valence-corrected chi connectivity index (χ3v) is 8.16. The van der Waals surface area contributed by atoms with E-state index >= 15 is 8.78 Å². The van der Waals surface area contributed by atoms with Gasteiger partial charge in [0.1, 0.15) is 23.4 Å². The third kappa shape index (κ3) is 6.13. The molecule has 3 N–H and O–H groups in total. The van der Waals surface area contributed by atoms with Gasteiger partial charge in [-0.15, -0.1) is 0 Å². The summed E-state index contributed by atoms with van der Waals surface area (Å²) in [7, 11) is 1.59. The van der Waals surface area contributed by atoms with Gasteiger partial charge in [-0.2, -0.15) is 0 Å². The number of carboxylic acid groups (broad SMARTS) is 1. The van der Waals surface area contributed by atoms with Crippen molar-refractivity contribution < 1.29 is 23.4 Å². The Bertz CT molecular complexity index is 1360. The zero-order valence-electron chi connectivity index (χ0n) is 22.9. The smallest absolute Gasteiger partial charge is 0.321 e. The van der Waals surface area contributed by atoms with Crippen LogP contribution in [0.2, 0.25) is 10.0 Å². The Morgan fingerprint density at radius 3 is 2.40 bits per heavy atom. The average Bonchev–Trinajstić information content (AvgIpc) is 3.19. The van der Waals surface area contributed by atoms with Crippen molar-refractivity contribution in [3.05, 3.63) is 99.0 Å². The zero-order chi connectivity index (χ0) is 29.2. The van der Waals surface area contributed by atoms with Gasteiger partial charge in [-0.1, -0.05) is 74.3 Å². The van der Waals surface area contributed by atoms with Gasteiger partial charge in [0.05, 0.1) is 12.1 Å². The quantitative estimate of drug-likeness (QED) is 0.251. The number of ether oxygens (including phenoxy) is 1. The highest BCUT2D eigenvalue weighted by Gasteiger charge is 2.60. The summed E-state index contributed by atoms with van der Waals surface area (Å²) in [6, 6.07) is 14.7. The second-order valence-corrected chi connectivity index (χ2v) is 12.4. The third-order valence-electron chi connectivity index (χ3n) is 7.63. The van der Waals surface area contributed by atoms with Gasteiger partial charge in [0.2, 0.25) is 0 Å². The number of halogens is 4. The molecular weight excluding hydrogens is 557 g/mol. The van der Waals surface area contributed by atoms with E-state index in [9.17, 15) is 9.90 Å². The molecule has 4 atom stereocenters. The molecule has 5 nitrogen and oxygen atoms in total. The van der Waals surface area contributed by atoms with E-state index in [1.165, 1.54) is 18.2 Å². The summed E-state index contributed by atoms with van der Waals surface area (Å²) in [6.45, 7) is 6.65. The van der Waals surface area contributed by atoms with Crippen LogP contribution in [0.3, 0.4) is 0 Å². The number of nitrogens with one attached hydrogen (secondary N) is 2. The Balaban J connectivity index is 1.92. The van der Waals surface area contributed by atoms with Crippen LogP contribution in [0, 0.1) is 17.0 Å². The summed E-state index contributed by atoms with van der Waals surface area (Å²) in [5.41, 5.74) is -0.181. The maximum absolute atomic E-state index is 16.0. The number of methoxy groups -OCH3 is 1. The fraction of sp³-hybridized carbons (Fsp3) is 0.387. The van der Waals surface area contributed by atoms with E-state index in [4.69, 9.17) is 27.9 Å². The molecule has 0 aliphatic carbocycles. The van der Waals surface area contributed by atoms with Crippen LogP contribution in [0.1, 0.15) is 49.8 Å². The van der Waals surface area contributed by atoms with Crippen LogP contribution in [0.4, 0.5) is 8.78 Å². The Kier molecular flexibility index (Phi) is 9.10. The molecule has 1 aliphatic rings. The molecule has 1 fully saturated rings. The van der Waals surface area contributed by atoms with E-state index < -0.39 is 41.0 Å². The van der Waals surface area contributed by atoms with Crippen molar-refractivity contribution in [1.82, 2.24) is 10.6 Å². The Labute approximate surface area is 243 Å². The number of hydrogen-bond acceptors (Lipinski definition) is 4. The Morgan fingerprint density at radius 2 is 1.80 bits per heavy atom. The maximum atomic E-state index is 16.0. The first-order valence-electron chi connectivity index (χ1n) is 13.1. The summed E-state index contributed by atoms with van der Waals surface area (Å²) >= 11 is 12.3. The van der Waals surface area contributed by atoms with Gasteiger partial charge < -0.3 is 20.5 Å². The molecule has 0 aromatic heterocycles. The second kappa shape index (κ2) is 12.0. The first-order chi connectivity index (χ1) is 18.9. The van der Waals surface area contributed by atoms with E-state index in [0.717, 1.165) is 11.3 Å². The van der Waals surface area contributed by atoms with Crippen LogP contribution in [0.25, 0.3) is 0 Å². The van der Waals surface area contributed by atoms with Crippen LogP contribution in [-0.4, -0.2) is 36.8 Å². The molecule has 1 heterocycles. The number of aliphatic carboxylic acids is 1. The molecule has 214 valence electrons. The summed E-state index contributed by atoms with van der Waals surface area (Å²) in [6.07, 6.45) is 0.488. The van der Waals surface area contributed by atoms with Crippen molar-refractivity contribution in [1.29, 1.82) is 0 Å². The summed E-state index contributed by atoms with van der Waals surface area (Å²) < 4.78 is 36.9. The zero-order valence-corrected chi connectivity index (χ0v) is 24.4. The fourth-order valence-corrected chi connectivity index (χ4v) is 6.31. The SMILES string of the molecule is COc1ccc(CNC[C@]2(c3ccc(Cl)cc3F)[C@H](CC(C)(C)C)N[C@@H](C(=O)O)[C@@H]2c2cccc(Cl)c2F)cc1. The highest BCUT2D eigenvalue weighted by molar-refractivity contribution is 6.31. The molecule has 4 rings (SSSR count). The van der Waals surface area contributed by atoms with Crippen molar-refractivity contribution in [3.63, 3.8) is 0 Å². The minimum absolute atomic E-state index is 0.115. The summed E-state index contributed by atoms with van der Waals surface area (Å²) in [5, 5.41) is 17.2. The molecule has 0 saturated carbocycles. The number of rotatable bonds is 9. The van der Waals surface area contributed by atoms with Crippen LogP contribution < -0.4 is 15.4 Å². The van der Waals surface area contributed by atoms with Crippen LogP contribution in [-0.2, 0) is 16.8 Å². The highest BCUT2D eigenvalue weighted by atomic mass is 35.5. The first kappa shape index (κ1) is 30.3. The van der Waals surface area contributed by atoms with E-state index in [0.29, 0.717) is 13.0 Å². The number of carboxylic acids is 1. The van der Waals surface area contributed by atoms with Crippen molar-refractivity contribution in [2.45, 2.75) is 57.2 Å². The van der Waals surface area contributed by atoms with E-state index in [2.05, 4.69) is 10.6 Å². The van der Waals surface area contributed by atoms with E-state index in [1.807, 2.05) is 45.0 Å². The van der Waals surface area contributed by atoms with Crippen molar-refractivity contribution in [2.24, 2.45) is 5.41 Å². The monoisotopic (exact) mass is 590 g/mol.